The number of nitrogens with zero attached hydrogens (tertiary/aromatic N) is 4. The van der Waals surface area contributed by atoms with Crippen molar-refractivity contribution in [3.63, 3.8) is 0 Å². The Morgan fingerprint density at radius 2 is 2.09 bits per heavy atom. The molecule has 7 heteroatoms. The van der Waals surface area contributed by atoms with Crippen molar-refractivity contribution in [1.29, 1.82) is 0 Å². The predicted octanol–water partition coefficient (Wildman–Crippen LogP) is 0.600. The van der Waals surface area contributed by atoms with Gasteiger partial charge in [-0.3, -0.25) is 9.69 Å². The van der Waals surface area contributed by atoms with E-state index in [9.17, 15) is 4.79 Å². The maximum absolute atomic E-state index is 11.8. The Bertz CT molecular complexity index is 529. The number of carbonyl (C=O) groups is 1. The molecule has 2 aliphatic rings. The second kappa shape index (κ2) is 6.80. The van der Waals surface area contributed by atoms with Crippen LogP contribution < -0.4 is 5.32 Å². The van der Waals surface area contributed by atoms with Crippen molar-refractivity contribution in [2.45, 2.75) is 30.9 Å². The number of piperidine rings is 1. The molecule has 2 saturated heterocycles. The first-order chi connectivity index (χ1) is 11.1. The van der Waals surface area contributed by atoms with Gasteiger partial charge in [-0.1, -0.05) is 0 Å². The maximum atomic E-state index is 11.8. The Morgan fingerprint density at radius 1 is 1.39 bits per heavy atom. The molecule has 1 unspecified atom stereocenters. The van der Waals surface area contributed by atoms with Crippen LogP contribution in [0.1, 0.15) is 19.3 Å². The van der Waals surface area contributed by atoms with Crippen molar-refractivity contribution < 1.29 is 9.53 Å². The minimum absolute atomic E-state index is 0.0515. The van der Waals surface area contributed by atoms with Crippen LogP contribution in [0.5, 0.6) is 0 Å². The van der Waals surface area contributed by atoms with E-state index in [0.717, 1.165) is 32.4 Å². The molecular formula is C16H25N5O2. The van der Waals surface area contributed by atoms with Crippen molar-refractivity contribution in [1.82, 2.24) is 19.8 Å². The summed E-state index contributed by atoms with van der Waals surface area (Å²) >= 11 is 0. The van der Waals surface area contributed by atoms with Gasteiger partial charge in [-0.15, -0.1) is 0 Å². The van der Waals surface area contributed by atoms with Gasteiger partial charge >= 0.3 is 0 Å². The van der Waals surface area contributed by atoms with Gasteiger partial charge in [-0.25, -0.2) is 9.97 Å². The molecule has 1 spiro atoms. The molecule has 0 saturated carbocycles. The smallest absolute Gasteiger partial charge is 0.236 e. The van der Waals surface area contributed by atoms with Crippen LogP contribution in [0.2, 0.25) is 0 Å². The van der Waals surface area contributed by atoms with Crippen LogP contribution in [0.4, 0.5) is 5.95 Å². The average Bonchev–Trinajstić information content (AvgIpc) is 2.93. The average molecular weight is 319 g/mol. The summed E-state index contributed by atoms with van der Waals surface area (Å²) in [6, 6.07) is 2.06. The molecule has 0 radical (unpaired) electrons. The molecule has 126 valence electrons. The van der Waals surface area contributed by atoms with Crippen molar-refractivity contribution in [3.05, 3.63) is 18.5 Å². The highest BCUT2D eigenvalue weighted by Crippen LogP contribution is 2.36. The highest BCUT2D eigenvalue weighted by molar-refractivity contribution is 5.77. The van der Waals surface area contributed by atoms with Gasteiger partial charge in [-0.2, -0.15) is 0 Å². The van der Waals surface area contributed by atoms with Gasteiger partial charge < -0.3 is 15.0 Å². The molecule has 0 aliphatic carbocycles. The molecule has 2 aliphatic heterocycles. The molecule has 23 heavy (non-hydrogen) atoms. The molecule has 1 atom stereocenters. The number of anilines is 1. The number of nitrogens with one attached hydrogen (secondary N) is 1. The zero-order valence-corrected chi connectivity index (χ0v) is 13.9. The molecule has 3 rings (SSSR count). The summed E-state index contributed by atoms with van der Waals surface area (Å²) in [4.78, 5) is 24.1. The number of hydrogen-bond donors (Lipinski definition) is 1. The minimum Gasteiger partial charge on any atom is -0.373 e. The van der Waals surface area contributed by atoms with Gasteiger partial charge in [0.2, 0.25) is 11.9 Å². The largest absolute Gasteiger partial charge is 0.373 e. The first kappa shape index (κ1) is 16.1. The Balaban J connectivity index is 1.48. The zero-order valence-electron chi connectivity index (χ0n) is 13.9. The van der Waals surface area contributed by atoms with E-state index in [1.165, 1.54) is 0 Å². The molecular weight excluding hydrogens is 294 g/mol. The van der Waals surface area contributed by atoms with Crippen LogP contribution in [0.15, 0.2) is 18.5 Å². The van der Waals surface area contributed by atoms with Crippen molar-refractivity contribution in [2.24, 2.45) is 0 Å². The van der Waals surface area contributed by atoms with Crippen molar-refractivity contribution >= 4 is 11.9 Å². The first-order valence-corrected chi connectivity index (χ1v) is 8.16. The molecule has 1 aromatic rings. The lowest BCUT2D eigenvalue weighted by molar-refractivity contribution is -0.131. The van der Waals surface area contributed by atoms with E-state index >= 15 is 0 Å². The number of hydrogen-bond acceptors (Lipinski definition) is 6. The van der Waals surface area contributed by atoms with Gasteiger partial charge in [0.1, 0.15) is 0 Å². The van der Waals surface area contributed by atoms with Crippen LogP contribution in [-0.4, -0.2) is 77.7 Å². The Labute approximate surface area is 137 Å². The van der Waals surface area contributed by atoms with E-state index in [4.69, 9.17) is 4.74 Å². The summed E-state index contributed by atoms with van der Waals surface area (Å²) < 4.78 is 6.13. The molecule has 0 aromatic carbocycles. The molecule has 0 bridgehead atoms. The fourth-order valence-corrected chi connectivity index (χ4v) is 3.29. The van der Waals surface area contributed by atoms with Crippen LogP contribution in [0.25, 0.3) is 0 Å². The molecule has 2 fully saturated rings. The Morgan fingerprint density at radius 3 is 2.74 bits per heavy atom. The lowest BCUT2D eigenvalue weighted by Gasteiger charge is -2.38. The SMILES string of the molecule is CN(C)C(=O)CN1CCC2(CC1)CC(Nc1ncccn1)CO2. The normalized spacial score (nSPS) is 23.8. The second-order valence-electron chi connectivity index (χ2n) is 6.68. The Kier molecular flexibility index (Phi) is 4.77. The van der Waals surface area contributed by atoms with Gasteiger partial charge in [-0.05, 0) is 25.3 Å². The molecule has 1 amide bonds. The standard InChI is InChI=1S/C16H25N5O2/c1-20(2)14(22)11-21-8-4-16(5-9-21)10-13(12-23-16)19-15-17-6-3-7-18-15/h3,6-7,13H,4-5,8-12H2,1-2H3,(H,17,18,19). The Hall–Kier alpha value is -1.73. The quantitative estimate of drug-likeness (QED) is 0.876. The number of likely N-dealkylation sites (tertiary alicyclic amines) is 1. The number of carbonyl (C=O) groups excluding carboxylic acids is 1. The van der Waals surface area contributed by atoms with Gasteiger partial charge in [0.15, 0.2) is 0 Å². The highest BCUT2D eigenvalue weighted by atomic mass is 16.5. The fourth-order valence-electron chi connectivity index (χ4n) is 3.29. The third-order valence-electron chi connectivity index (χ3n) is 4.73. The topological polar surface area (TPSA) is 70.6 Å². The van der Waals surface area contributed by atoms with E-state index in [1.807, 2.05) is 6.07 Å². The maximum Gasteiger partial charge on any atom is 0.236 e. The summed E-state index contributed by atoms with van der Waals surface area (Å²) in [5.41, 5.74) is -0.0515. The van der Waals surface area contributed by atoms with Gasteiger partial charge in [0.25, 0.3) is 0 Å². The van der Waals surface area contributed by atoms with E-state index in [0.29, 0.717) is 19.1 Å². The lowest BCUT2D eigenvalue weighted by atomic mass is 9.87. The summed E-state index contributed by atoms with van der Waals surface area (Å²) in [6.45, 7) is 3.01. The third-order valence-corrected chi connectivity index (χ3v) is 4.73. The second-order valence-corrected chi connectivity index (χ2v) is 6.68. The molecule has 7 nitrogen and oxygen atoms in total. The van der Waals surface area contributed by atoms with Crippen molar-refractivity contribution in [3.8, 4) is 0 Å². The van der Waals surface area contributed by atoms with E-state index in [2.05, 4.69) is 20.2 Å². The van der Waals surface area contributed by atoms with Crippen LogP contribution in [0.3, 0.4) is 0 Å². The lowest BCUT2D eigenvalue weighted by Crippen LogP contribution is -2.47. The van der Waals surface area contributed by atoms with Gasteiger partial charge in [0, 0.05) is 39.6 Å². The monoisotopic (exact) mass is 319 g/mol. The van der Waals surface area contributed by atoms with Crippen LogP contribution in [0, 0.1) is 0 Å². The number of aromatic nitrogens is 2. The number of likely N-dealkylation sites (N-methyl/N-ethyl adjacent to an activating group) is 1. The predicted molar refractivity (Wildman–Crippen MR) is 87.1 cm³/mol. The minimum atomic E-state index is -0.0515. The van der Waals surface area contributed by atoms with Crippen LogP contribution >= 0.6 is 0 Å². The first-order valence-electron chi connectivity index (χ1n) is 8.16. The summed E-state index contributed by atoms with van der Waals surface area (Å²) in [5, 5.41) is 3.35. The molecule has 3 heterocycles. The van der Waals surface area contributed by atoms with Crippen molar-refractivity contribution in [2.75, 3.05) is 45.7 Å². The van der Waals surface area contributed by atoms with Crippen LogP contribution in [-0.2, 0) is 9.53 Å². The third kappa shape index (κ3) is 3.97. The highest BCUT2D eigenvalue weighted by Gasteiger charge is 2.43. The van der Waals surface area contributed by atoms with E-state index < -0.39 is 0 Å². The number of ether oxygens (including phenoxy) is 1. The van der Waals surface area contributed by atoms with E-state index in [1.54, 1.807) is 31.4 Å². The fraction of sp³-hybridized carbons (Fsp3) is 0.688. The van der Waals surface area contributed by atoms with E-state index in [-0.39, 0.29) is 17.6 Å². The zero-order chi connectivity index (χ0) is 16.3. The molecule has 1 N–H and O–H groups in total. The van der Waals surface area contributed by atoms with Gasteiger partial charge in [0.05, 0.1) is 24.8 Å². The summed E-state index contributed by atoms with van der Waals surface area (Å²) in [7, 11) is 3.60. The molecule has 1 aromatic heterocycles. The summed E-state index contributed by atoms with van der Waals surface area (Å²) in [5.74, 6) is 0.821. The number of rotatable bonds is 4. The summed E-state index contributed by atoms with van der Waals surface area (Å²) in [6.07, 6.45) is 6.39. The number of amides is 1.